The van der Waals surface area contributed by atoms with Crippen molar-refractivity contribution in [3.63, 3.8) is 0 Å². The molecule has 20 heavy (non-hydrogen) atoms. The number of carbonyl (C=O) groups excluding carboxylic acids is 1. The van der Waals surface area contributed by atoms with Crippen LogP contribution in [0.15, 0.2) is 0 Å². The van der Waals surface area contributed by atoms with E-state index in [1.54, 1.807) is 0 Å². The number of nitrogens with one attached hydrogen (secondary N) is 2. The Bertz CT molecular complexity index is 349. The highest BCUT2D eigenvalue weighted by Crippen LogP contribution is 2.29. The van der Waals surface area contributed by atoms with Gasteiger partial charge in [-0.05, 0) is 32.1 Å². The smallest absolute Gasteiger partial charge is 0.220 e. The highest BCUT2D eigenvalue weighted by molar-refractivity contribution is 5.77. The number of amides is 1. The van der Waals surface area contributed by atoms with E-state index in [-0.39, 0.29) is 24.1 Å². The Balaban J connectivity index is 1.58. The van der Waals surface area contributed by atoms with E-state index in [1.165, 1.54) is 0 Å². The molecule has 3 aliphatic rings. The maximum absolute atomic E-state index is 11.7. The molecular weight excluding hydrogens is 256 g/mol. The van der Waals surface area contributed by atoms with Gasteiger partial charge in [0.05, 0.1) is 17.7 Å². The Kier molecular flexibility index (Phi) is 4.29. The van der Waals surface area contributed by atoms with Crippen LogP contribution in [-0.2, 0) is 9.53 Å². The third-order valence-corrected chi connectivity index (χ3v) is 5.04. The second kappa shape index (κ2) is 6.00. The van der Waals surface area contributed by atoms with E-state index in [2.05, 4.69) is 10.6 Å². The Labute approximate surface area is 120 Å². The van der Waals surface area contributed by atoms with E-state index in [0.29, 0.717) is 13.0 Å². The van der Waals surface area contributed by atoms with Crippen molar-refractivity contribution in [2.75, 3.05) is 13.2 Å². The molecule has 3 fully saturated rings. The van der Waals surface area contributed by atoms with Crippen molar-refractivity contribution in [1.82, 2.24) is 10.6 Å². The minimum Gasteiger partial charge on any atom is -0.389 e. The summed E-state index contributed by atoms with van der Waals surface area (Å²) in [7, 11) is 0. The van der Waals surface area contributed by atoms with Crippen LogP contribution in [0.5, 0.6) is 0 Å². The molecule has 114 valence electrons. The summed E-state index contributed by atoms with van der Waals surface area (Å²) in [6.07, 6.45) is 7.67. The zero-order valence-corrected chi connectivity index (χ0v) is 12.1. The maximum Gasteiger partial charge on any atom is 0.220 e. The number of piperidine rings is 1. The molecule has 0 aromatic heterocycles. The van der Waals surface area contributed by atoms with E-state index in [1.807, 2.05) is 0 Å². The topological polar surface area (TPSA) is 70.6 Å². The molecule has 5 nitrogen and oxygen atoms in total. The van der Waals surface area contributed by atoms with E-state index in [0.717, 1.165) is 51.6 Å². The summed E-state index contributed by atoms with van der Waals surface area (Å²) in [6.45, 7) is 1.43. The predicted molar refractivity (Wildman–Crippen MR) is 75.3 cm³/mol. The lowest BCUT2D eigenvalue weighted by atomic mass is 9.91. The summed E-state index contributed by atoms with van der Waals surface area (Å²) < 4.78 is 5.75. The lowest BCUT2D eigenvalue weighted by Crippen LogP contribution is -2.60. The van der Waals surface area contributed by atoms with Gasteiger partial charge in [-0.3, -0.25) is 4.79 Å². The van der Waals surface area contributed by atoms with Crippen molar-refractivity contribution in [2.24, 2.45) is 0 Å². The highest BCUT2D eigenvalue weighted by Gasteiger charge is 2.38. The van der Waals surface area contributed by atoms with Gasteiger partial charge in [0.25, 0.3) is 0 Å². The van der Waals surface area contributed by atoms with E-state index < -0.39 is 5.60 Å². The van der Waals surface area contributed by atoms with Gasteiger partial charge in [-0.15, -0.1) is 0 Å². The van der Waals surface area contributed by atoms with Gasteiger partial charge in [-0.1, -0.05) is 12.8 Å². The number of carbonyl (C=O) groups is 1. The van der Waals surface area contributed by atoms with Gasteiger partial charge in [0.1, 0.15) is 0 Å². The van der Waals surface area contributed by atoms with Gasteiger partial charge in [0.15, 0.2) is 0 Å². The first kappa shape index (κ1) is 14.3. The number of rotatable bonds is 4. The molecule has 2 aliphatic heterocycles. The van der Waals surface area contributed by atoms with Crippen LogP contribution in [0.1, 0.15) is 51.4 Å². The summed E-state index contributed by atoms with van der Waals surface area (Å²) in [5.74, 6) is 0.128. The average Bonchev–Trinajstić information content (AvgIpc) is 3.09. The molecule has 0 radical (unpaired) electrons. The van der Waals surface area contributed by atoms with Gasteiger partial charge in [0, 0.05) is 25.6 Å². The fraction of sp³-hybridized carbons (Fsp3) is 0.933. The third-order valence-electron chi connectivity index (χ3n) is 5.04. The molecule has 0 spiro atoms. The molecule has 1 saturated carbocycles. The summed E-state index contributed by atoms with van der Waals surface area (Å²) in [6, 6.07) is 0.282. The normalized spacial score (nSPS) is 37.0. The zero-order valence-electron chi connectivity index (χ0n) is 12.1. The summed E-state index contributed by atoms with van der Waals surface area (Å²) in [5, 5.41) is 17.0. The molecule has 1 unspecified atom stereocenters. The van der Waals surface area contributed by atoms with Crippen LogP contribution in [0, 0.1) is 0 Å². The molecule has 0 aromatic rings. The van der Waals surface area contributed by atoms with Crippen LogP contribution in [0.25, 0.3) is 0 Å². The minimum absolute atomic E-state index is 0.0590. The van der Waals surface area contributed by atoms with Crippen molar-refractivity contribution in [2.45, 2.75) is 75.2 Å². The van der Waals surface area contributed by atoms with Crippen LogP contribution < -0.4 is 10.6 Å². The van der Waals surface area contributed by atoms with E-state index >= 15 is 0 Å². The van der Waals surface area contributed by atoms with Crippen molar-refractivity contribution in [3.05, 3.63) is 0 Å². The highest BCUT2D eigenvalue weighted by atomic mass is 16.5. The van der Waals surface area contributed by atoms with Crippen LogP contribution in [-0.4, -0.2) is 48.0 Å². The molecule has 3 atom stereocenters. The van der Waals surface area contributed by atoms with E-state index in [9.17, 15) is 9.90 Å². The van der Waals surface area contributed by atoms with Crippen LogP contribution >= 0.6 is 0 Å². The first-order chi connectivity index (χ1) is 9.66. The Morgan fingerprint density at radius 2 is 2.10 bits per heavy atom. The fourth-order valence-electron chi connectivity index (χ4n) is 3.82. The Hall–Kier alpha value is -0.650. The fourth-order valence-corrected chi connectivity index (χ4v) is 3.82. The number of ether oxygens (including phenoxy) is 1. The van der Waals surface area contributed by atoms with Crippen LogP contribution in [0.2, 0.25) is 0 Å². The summed E-state index contributed by atoms with van der Waals surface area (Å²) >= 11 is 0. The SMILES string of the molecule is O=C1CC[C@@H](NCC2(O)CCCC2)[C@H](C2CCCO2)N1. The number of hydrogen-bond donors (Lipinski definition) is 3. The van der Waals surface area contributed by atoms with Gasteiger partial charge >= 0.3 is 0 Å². The van der Waals surface area contributed by atoms with Gasteiger partial charge in [-0.25, -0.2) is 0 Å². The molecule has 0 aromatic carbocycles. The molecule has 5 heteroatoms. The van der Waals surface area contributed by atoms with Crippen molar-refractivity contribution in [1.29, 1.82) is 0 Å². The van der Waals surface area contributed by atoms with Crippen LogP contribution in [0.4, 0.5) is 0 Å². The monoisotopic (exact) mass is 282 g/mol. The lowest BCUT2D eigenvalue weighted by Gasteiger charge is -2.37. The molecule has 2 saturated heterocycles. The quantitative estimate of drug-likeness (QED) is 0.710. The first-order valence-corrected chi connectivity index (χ1v) is 8.03. The molecule has 0 bridgehead atoms. The predicted octanol–water partition coefficient (Wildman–Crippen LogP) is 0.707. The van der Waals surface area contributed by atoms with Gasteiger partial charge in [-0.2, -0.15) is 0 Å². The Morgan fingerprint density at radius 1 is 1.30 bits per heavy atom. The number of aliphatic hydroxyl groups is 1. The molecule has 1 amide bonds. The summed E-state index contributed by atoms with van der Waals surface area (Å²) in [4.78, 5) is 11.7. The summed E-state index contributed by atoms with van der Waals surface area (Å²) in [5.41, 5.74) is -0.539. The molecule has 3 N–H and O–H groups in total. The zero-order chi connectivity index (χ0) is 14.0. The second-order valence-corrected chi connectivity index (χ2v) is 6.60. The van der Waals surface area contributed by atoms with Crippen molar-refractivity contribution < 1.29 is 14.6 Å². The second-order valence-electron chi connectivity index (χ2n) is 6.60. The Morgan fingerprint density at radius 3 is 2.80 bits per heavy atom. The maximum atomic E-state index is 11.7. The lowest BCUT2D eigenvalue weighted by molar-refractivity contribution is -0.125. The molecule has 3 rings (SSSR count). The van der Waals surface area contributed by atoms with Gasteiger partial charge < -0.3 is 20.5 Å². The molecule has 1 aliphatic carbocycles. The standard InChI is InChI=1S/C15H26N2O3/c18-13-6-5-11(14(17-13)12-4-3-9-20-12)16-10-15(19)7-1-2-8-15/h11-12,14,16,19H,1-10H2,(H,17,18)/t11-,12?,14-/m1/s1. The molecular formula is C15H26N2O3. The average molecular weight is 282 g/mol. The minimum atomic E-state index is -0.539. The third kappa shape index (κ3) is 3.15. The van der Waals surface area contributed by atoms with Crippen LogP contribution in [0.3, 0.4) is 0 Å². The molecule has 2 heterocycles. The van der Waals surface area contributed by atoms with Gasteiger partial charge in [0.2, 0.25) is 5.91 Å². The van der Waals surface area contributed by atoms with Crippen molar-refractivity contribution >= 4 is 5.91 Å². The first-order valence-electron chi connectivity index (χ1n) is 8.03. The number of hydrogen-bond acceptors (Lipinski definition) is 4. The van der Waals surface area contributed by atoms with E-state index in [4.69, 9.17) is 4.74 Å². The largest absolute Gasteiger partial charge is 0.389 e. The van der Waals surface area contributed by atoms with Crippen molar-refractivity contribution in [3.8, 4) is 0 Å².